The molecule has 1 N–H and O–H groups in total. The van der Waals surface area contributed by atoms with Gasteiger partial charge in [0.25, 0.3) is 15.9 Å². The lowest BCUT2D eigenvalue weighted by molar-refractivity contribution is 0.0746. The molecule has 8 heteroatoms. The van der Waals surface area contributed by atoms with E-state index in [0.29, 0.717) is 23.6 Å². The molecule has 0 saturated heterocycles. The SMILES string of the molecule is CCOc1ccc(NS(=O)(=O)c2ccc(C(=O)N(C)C(C)CC#N)cc2)cc1. The second-order valence-corrected chi connectivity index (χ2v) is 7.90. The molecule has 0 bridgehead atoms. The van der Waals surface area contributed by atoms with Crippen molar-refractivity contribution in [3.8, 4) is 11.8 Å². The maximum absolute atomic E-state index is 12.5. The van der Waals surface area contributed by atoms with Crippen molar-refractivity contribution < 1.29 is 17.9 Å². The molecule has 0 aliphatic carbocycles. The Morgan fingerprint density at radius 3 is 2.32 bits per heavy atom. The molecule has 2 aromatic carbocycles. The number of nitrogens with one attached hydrogen (secondary N) is 1. The molecule has 1 unspecified atom stereocenters. The highest BCUT2D eigenvalue weighted by Gasteiger charge is 2.19. The van der Waals surface area contributed by atoms with E-state index in [1.165, 1.54) is 29.2 Å². The molecule has 0 heterocycles. The smallest absolute Gasteiger partial charge is 0.261 e. The van der Waals surface area contributed by atoms with Crippen molar-refractivity contribution >= 4 is 21.6 Å². The van der Waals surface area contributed by atoms with E-state index in [2.05, 4.69) is 4.72 Å². The average Bonchev–Trinajstić information content (AvgIpc) is 2.68. The van der Waals surface area contributed by atoms with E-state index < -0.39 is 10.0 Å². The summed E-state index contributed by atoms with van der Waals surface area (Å²) in [5.41, 5.74) is 0.765. The number of hydrogen-bond donors (Lipinski definition) is 1. The maximum atomic E-state index is 12.5. The van der Waals surface area contributed by atoms with Gasteiger partial charge in [0, 0.05) is 24.3 Å². The zero-order valence-electron chi connectivity index (χ0n) is 16.0. The minimum atomic E-state index is -3.78. The summed E-state index contributed by atoms with van der Waals surface area (Å²) in [7, 11) is -2.17. The summed E-state index contributed by atoms with van der Waals surface area (Å²) in [6.07, 6.45) is 0.223. The van der Waals surface area contributed by atoms with Gasteiger partial charge in [-0.15, -0.1) is 0 Å². The number of anilines is 1. The summed E-state index contributed by atoms with van der Waals surface area (Å²) in [5.74, 6) is 0.384. The number of sulfonamides is 1. The number of rotatable bonds is 8. The van der Waals surface area contributed by atoms with Gasteiger partial charge in [-0.3, -0.25) is 9.52 Å². The molecule has 1 amide bonds. The Kier molecular flexibility index (Phi) is 7.01. The zero-order valence-corrected chi connectivity index (χ0v) is 16.9. The van der Waals surface area contributed by atoms with Gasteiger partial charge in [0.2, 0.25) is 0 Å². The fraction of sp³-hybridized carbons (Fsp3) is 0.300. The number of ether oxygens (including phenoxy) is 1. The predicted molar refractivity (Wildman–Crippen MR) is 107 cm³/mol. The van der Waals surface area contributed by atoms with Crippen molar-refractivity contribution in [2.24, 2.45) is 0 Å². The van der Waals surface area contributed by atoms with Gasteiger partial charge in [-0.05, 0) is 62.4 Å². The third-order valence-corrected chi connectivity index (χ3v) is 5.59. The first-order chi connectivity index (χ1) is 13.3. The highest BCUT2D eigenvalue weighted by Crippen LogP contribution is 2.20. The summed E-state index contributed by atoms with van der Waals surface area (Å²) >= 11 is 0. The minimum absolute atomic E-state index is 0.0469. The van der Waals surface area contributed by atoms with Crippen LogP contribution in [0.3, 0.4) is 0 Å². The molecule has 0 aromatic heterocycles. The van der Waals surface area contributed by atoms with Crippen molar-refractivity contribution in [2.75, 3.05) is 18.4 Å². The van der Waals surface area contributed by atoms with Crippen LogP contribution in [0.5, 0.6) is 5.75 Å². The van der Waals surface area contributed by atoms with Crippen molar-refractivity contribution in [3.05, 3.63) is 54.1 Å². The van der Waals surface area contributed by atoms with Crippen LogP contribution in [0.4, 0.5) is 5.69 Å². The van der Waals surface area contributed by atoms with E-state index in [-0.39, 0.29) is 23.3 Å². The van der Waals surface area contributed by atoms with E-state index in [0.717, 1.165) is 0 Å². The molecule has 2 aromatic rings. The first-order valence-electron chi connectivity index (χ1n) is 8.78. The monoisotopic (exact) mass is 401 g/mol. The Labute approximate surface area is 165 Å². The molecule has 0 spiro atoms. The number of nitrogens with zero attached hydrogens (tertiary/aromatic N) is 2. The van der Waals surface area contributed by atoms with Gasteiger partial charge in [-0.2, -0.15) is 5.26 Å². The van der Waals surface area contributed by atoms with Crippen LogP contribution in [0.25, 0.3) is 0 Å². The van der Waals surface area contributed by atoms with E-state index in [1.807, 2.05) is 13.0 Å². The molecule has 28 heavy (non-hydrogen) atoms. The van der Waals surface area contributed by atoms with Crippen LogP contribution in [-0.2, 0) is 10.0 Å². The van der Waals surface area contributed by atoms with Crippen LogP contribution in [0, 0.1) is 11.3 Å². The van der Waals surface area contributed by atoms with E-state index in [9.17, 15) is 13.2 Å². The molecule has 0 radical (unpaired) electrons. The van der Waals surface area contributed by atoms with E-state index in [4.69, 9.17) is 10.00 Å². The number of carbonyl (C=O) groups is 1. The molecule has 1 atom stereocenters. The zero-order chi connectivity index (χ0) is 20.7. The number of amides is 1. The Morgan fingerprint density at radius 1 is 1.18 bits per heavy atom. The van der Waals surface area contributed by atoms with Gasteiger partial charge in [0.1, 0.15) is 5.75 Å². The third kappa shape index (κ3) is 5.24. The van der Waals surface area contributed by atoms with Crippen LogP contribution < -0.4 is 9.46 Å². The quantitative estimate of drug-likeness (QED) is 0.732. The third-order valence-electron chi connectivity index (χ3n) is 4.20. The number of benzene rings is 2. The Morgan fingerprint density at radius 2 is 1.79 bits per heavy atom. The molecule has 7 nitrogen and oxygen atoms in total. The lowest BCUT2D eigenvalue weighted by Crippen LogP contribution is -2.34. The first kappa shape index (κ1) is 21.3. The molecular weight excluding hydrogens is 378 g/mol. The fourth-order valence-electron chi connectivity index (χ4n) is 2.45. The largest absolute Gasteiger partial charge is 0.494 e. The molecule has 148 valence electrons. The van der Waals surface area contributed by atoms with Gasteiger partial charge in [-0.1, -0.05) is 0 Å². The predicted octanol–water partition coefficient (Wildman–Crippen LogP) is 3.26. The van der Waals surface area contributed by atoms with Gasteiger partial charge in [-0.25, -0.2) is 8.42 Å². The van der Waals surface area contributed by atoms with Crippen molar-refractivity contribution in [1.82, 2.24) is 4.90 Å². The van der Waals surface area contributed by atoms with Crippen LogP contribution >= 0.6 is 0 Å². The molecule has 2 rings (SSSR count). The molecule has 0 saturated carbocycles. The summed E-state index contributed by atoms with van der Waals surface area (Å²) < 4.78 is 32.9. The second-order valence-electron chi connectivity index (χ2n) is 6.21. The average molecular weight is 401 g/mol. The Bertz CT molecular complexity index is 948. The molecule has 0 fully saturated rings. The Balaban J connectivity index is 2.12. The van der Waals surface area contributed by atoms with Gasteiger partial charge < -0.3 is 9.64 Å². The number of carbonyl (C=O) groups excluding carboxylic acids is 1. The summed E-state index contributed by atoms with van der Waals surface area (Å²) in [5, 5.41) is 8.76. The van der Waals surface area contributed by atoms with Crippen LogP contribution in [0.1, 0.15) is 30.6 Å². The van der Waals surface area contributed by atoms with E-state index in [1.54, 1.807) is 38.2 Å². The number of hydrogen-bond acceptors (Lipinski definition) is 5. The van der Waals surface area contributed by atoms with Crippen LogP contribution in [-0.4, -0.2) is 38.9 Å². The summed E-state index contributed by atoms with van der Waals surface area (Å²) in [6.45, 7) is 4.17. The van der Waals surface area contributed by atoms with Gasteiger partial charge in [0.05, 0.1) is 24.0 Å². The van der Waals surface area contributed by atoms with E-state index >= 15 is 0 Å². The highest BCUT2D eigenvalue weighted by atomic mass is 32.2. The number of nitriles is 1. The molecular formula is C20H23N3O4S. The lowest BCUT2D eigenvalue weighted by atomic mass is 10.1. The van der Waals surface area contributed by atoms with Crippen molar-refractivity contribution in [2.45, 2.75) is 31.2 Å². The topological polar surface area (TPSA) is 99.5 Å². The summed E-state index contributed by atoms with van der Waals surface area (Å²) in [6, 6.07) is 14.1. The van der Waals surface area contributed by atoms with Crippen molar-refractivity contribution in [3.63, 3.8) is 0 Å². The molecule has 0 aliphatic rings. The normalized spacial score (nSPS) is 11.9. The maximum Gasteiger partial charge on any atom is 0.261 e. The lowest BCUT2D eigenvalue weighted by Gasteiger charge is -2.23. The second kappa shape index (κ2) is 9.24. The van der Waals surface area contributed by atoms with Crippen LogP contribution in [0.2, 0.25) is 0 Å². The summed E-state index contributed by atoms with van der Waals surface area (Å²) in [4.78, 5) is 13.9. The fourth-order valence-corrected chi connectivity index (χ4v) is 3.51. The standard InChI is InChI=1S/C20H23N3O4S/c1-4-27-18-9-7-17(8-10-18)22-28(25,26)19-11-5-16(6-12-19)20(24)23(3)15(2)13-14-21/h5-12,15,22H,4,13H2,1-3H3. The highest BCUT2D eigenvalue weighted by molar-refractivity contribution is 7.92. The van der Waals surface area contributed by atoms with Gasteiger partial charge in [0.15, 0.2) is 0 Å². The Hall–Kier alpha value is -3.05. The first-order valence-corrected chi connectivity index (χ1v) is 10.3. The van der Waals surface area contributed by atoms with Crippen molar-refractivity contribution in [1.29, 1.82) is 5.26 Å². The molecule has 0 aliphatic heterocycles. The minimum Gasteiger partial charge on any atom is -0.494 e. The van der Waals surface area contributed by atoms with Gasteiger partial charge >= 0.3 is 0 Å². The van der Waals surface area contributed by atoms with Crippen LogP contribution in [0.15, 0.2) is 53.4 Å².